The number of benzene rings is 1. The summed E-state index contributed by atoms with van der Waals surface area (Å²) in [5, 5.41) is 6.65. The first-order valence-corrected chi connectivity index (χ1v) is 8.16. The third-order valence-corrected chi connectivity index (χ3v) is 4.51. The molecule has 1 aromatic carbocycles. The molecule has 0 aliphatic heterocycles. The maximum atomic E-state index is 4.72. The predicted molar refractivity (Wildman–Crippen MR) is 91.3 cm³/mol. The minimum Gasteiger partial charge on any atom is -0.368 e. The molecular weight excluding hydrogens is 294 g/mol. The second-order valence-corrected chi connectivity index (χ2v) is 5.98. The first-order chi connectivity index (χ1) is 10.9. The van der Waals surface area contributed by atoms with Crippen molar-refractivity contribution in [2.75, 3.05) is 11.9 Å². The summed E-state index contributed by atoms with van der Waals surface area (Å²) < 4.78 is 1.24. The van der Waals surface area contributed by atoms with Crippen LogP contribution in [0.3, 0.4) is 0 Å². The summed E-state index contributed by atoms with van der Waals surface area (Å²) in [5.74, 6) is 1.53. The van der Waals surface area contributed by atoms with E-state index < -0.39 is 0 Å². The lowest BCUT2D eigenvalue weighted by Crippen LogP contribution is -2.04. The Bertz CT molecular complexity index is 940. The number of thiophene rings is 1. The molecule has 0 saturated heterocycles. The summed E-state index contributed by atoms with van der Waals surface area (Å²) in [4.78, 5) is 16.7. The molecule has 5 nitrogen and oxygen atoms in total. The number of hydrogen-bond acceptors (Lipinski definition) is 5. The maximum absolute atomic E-state index is 4.72. The second kappa shape index (κ2) is 5.38. The third-order valence-electron chi connectivity index (χ3n) is 3.55. The Kier molecular flexibility index (Phi) is 3.23. The number of aromatic nitrogens is 4. The highest BCUT2D eigenvalue weighted by Gasteiger charge is 2.14. The molecule has 0 unspecified atom stereocenters. The van der Waals surface area contributed by atoms with Crippen LogP contribution in [0.1, 0.15) is 13.3 Å². The van der Waals surface area contributed by atoms with Crippen LogP contribution in [0, 0.1) is 0 Å². The SMILES string of the molecule is CCCNc1nc(-c2csc3ccccc23)nc2nc[nH]c12. The highest BCUT2D eigenvalue weighted by Crippen LogP contribution is 2.33. The Morgan fingerprint density at radius 1 is 1.23 bits per heavy atom. The van der Waals surface area contributed by atoms with E-state index in [2.05, 4.69) is 50.8 Å². The van der Waals surface area contributed by atoms with Crippen molar-refractivity contribution in [1.29, 1.82) is 0 Å². The molecule has 2 N–H and O–H groups in total. The van der Waals surface area contributed by atoms with Crippen molar-refractivity contribution in [2.24, 2.45) is 0 Å². The average Bonchev–Trinajstić information content (AvgIpc) is 3.18. The van der Waals surface area contributed by atoms with E-state index in [4.69, 9.17) is 4.98 Å². The van der Waals surface area contributed by atoms with Crippen molar-refractivity contribution in [3.05, 3.63) is 36.0 Å². The van der Waals surface area contributed by atoms with Crippen LogP contribution < -0.4 is 5.32 Å². The summed E-state index contributed by atoms with van der Waals surface area (Å²) in [6.07, 6.45) is 2.70. The Hall–Kier alpha value is -2.47. The van der Waals surface area contributed by atoms with E-state index in [1.165, 1.54) is 10.1 Å². The van der Waals surface area contributed by atoms with Crippen molar-refractivity contribution >= 4 is 38.4 Å². The van der Waals surface area contributed by atoms with Crippen LogP contribution in [-0.2, 0) is 0 Å². The zero-order valence-corrected chi connectivity index (χ0v) is 12.9. The van der Waals surface area contributed by atoms with Crippen molar-refractivity contribution in [2.45, 2.75) is 13.3 Å². The van der Waals surface area contributed by atoms with Crippen molar-refractivity contribution in [3.63, 3.8) is 0 Å². The van der Waals surface area contributed by atoms with Gasteiger partial charge >= 0.3 is 0 Å². The molecule has 0 aliphatic carbocycles. The van der Waals surface area contributed by atoms with Gasteiger partial charge in [0.25, 0.3) is 0 Å². The number of nitrogens with zero attached hydrogens (tertiary/aromatic N) is 3. The van der Waals surface area contributed by atoms with Crippen LogP contribution >= 0.6 is 11.3 Å². The molecule has 0 aliphatic rings. The van der Waals surface area contributed by atoms with Gasteiger partial charge < -0.3 is 10.3 Å². The number of H-pyrrole nitrogens is 1. The zero-order chi connectivity index (χ0) is 14.9. The van der Waals surface area contributed by atoms with Crippen molar-refractivity contribution < 1.29 is 0 Å². The number of anilines is 1. The van der Waals surface area contributed by atoms with Crippen molar-refractivity contribution in [1.82, 2.24) is 19.9 Å². The van der Waals surface area contributed by atoms with Crippen LogP contribution in [0.4, 0.5) is 5.82 Å². The van der Waals surface area contributed by atoms with E-state index in [9.17, 15) is 0 Å². The summed E-state index contributed by atoms with van der Waals surface area (Å²) >= 11 is 1.71. The van der Waals surface area contributed by atoms with E-state index in [1.807, 2.05) is 6.07 Å². The van der Waals surface area contributed by atoms with Gasteiger partial charge in [-0.25, -0.2) is 15.0 Å². The summed E-state index contributed by atoms with van der Waals surface area (Å²) in [5.41, 5.74) is 2.61. The van der Waals surface area contributed by atoms with Gasteiger partial charge in [0.15, 0.2) is 17.3 Å². The molecule has 0 atom stereocenters. The van der Waals surface area contributed by atoms with E-state index >= 15 is 0 Å². The van der Waals surface area contributed by atoms with Gasteiger partial charge in [-0.05, 0) is 12.5 Å². The van der Waals surface area contributed by atoms with Crippen LogP contribution in [0.15, 0.2) is 36.0 Å². The smallest absolute Gasteiger partial charge is 0.183 e. The molecule has 0 radical (unpaired) electrons. The monoisotopic (exact) mass is 309 g/mol. The lowest BCUT2D eigenvalue weighted by molar-refractivity contribution is 0.969. The summed E-state index contributed by atoms with van der Waals surface area (Å²) in [6, 6.07) is 8.32. The molecule has 0 spiro atoms. The molecule has 3 aromatic heterocycles. The van der Waals surface area contributed by atoms with Crippen LogP contribution in [-0.4, -0.2) is 26.5 Å². The van der Waals surface area contributed by atoms with Gasteiger partial charge in [0, 0.05) is 27.6 Å². The van der Waals surface area contributed by atoms with Gasteiger partial charge in [-0.1, -0.05) is 25.1 Å². The molecule has 4 aromatic rings. The molecule has 6 heteroatoms. The topological polar surface area (TPSA) is 66.5 Å². The third kappa shape index (κ3) is 2.12. The summed E-state index contributed by atoms with van der Waals surface area (Å²) in [7, 11) is 0. The second-order valence-electron chi connectivity index (χ2n) is 5.07. The Labute approximate surface area is 131 Å². The van der Waals surface area contributed by atoms with E-state index in [-0.39, 0.29) is 0 Å². The molecule has 0 amide bonds. The number of imidazole rings is 1. The lowest BCUT2D eigenvalue weighted by Gasteiger charge is -2.07. The van der Waals surface area contributed by atoms with E-state index in [0.29, 0.717) is 5.65 Å². The van der Waals surface area contributed by atoms with Gasteiger partial charge in [0.2, 0.25) is 0 Å². The van der Waals surface area contributed by atoms with Gasteiger partial charge in [0.1, 0.15) is 5.52 Å². The molecule has 4 rings (SSSR count). The quantitative estimate of drug-likeness (QED) is 0.596. The van der Waals surface area contributed by atoms with Crippen molar-refractivity contribution in [3.8, 4) is 11.4 Å². The molecule has 0 bridgehead atoms. The Morgan fingerprint density at radius 2 is 2.14 bits per heavy atom. The van der Waals surface area contributed by atoms with Gasteiger partial charge in [0.05, 0.1) is 6.33 Å². The predicted octanol–water partition coefficient (Wildman–Crippen LogP) is 4.06. The van der Waals surface area contributed by atoms with E-state index in [1.54, 1.807) is 17.7 Å². The Balaban J connectivity index is 1.91. The Morgan fingerprint density at radius 3 is 3.05 bits per heavy atom. The highest BCUT2D eigenvalue weighted by atomic mass is 32.1. The van der Waals surface area contributed by atoms with Gasteiger partial charge in [-0.3, -0.25) is 0 Å². The van der Waals surface area contributed by atoms with Crippen LogP contribution in [0.5, 0.6) is 0 Å². The number of nitrogens with one attached hydrogen (secondary N) is 2. The zero-order valence-electron chi connectivity index (χ0n) is 12.1. The molecule has 22 heavy (non-hydrogen) atoms. The van der Waals surface area contributed by atoms with E-state index in [0.717, 1.165) is 35.7 Å². The van der Waals surface area contributed by atoms with Crippen LogP contribution in [0.25, 0.3) is 32.6 Å². The fraction of sp³-hybridized carbons (Fsp3) is 0.188. The average molecular weight is 309 g/mol. The van der Waals surface area contributed by atoms with Gasteiger partial charge in [-0.15, -0.1) is 11.3 Å². The number of hydrogen-bond donors (Lipinski definition) is 2. The summed E-state index contributed by atoms with van der Waals surface area (Å²) in [6.45, 7) is 3.00. The standard InChI is InChI=1S/C16H15N5S/c1-2-7-17-15-13-16(19-9-18-13)21-14(20-15)11-8-22-12-6-4-3-5-10(11)12/h3-6,8-9H,2,7H2,1H3,(H2,17,18,19,20,21). The fourth-order valence-electron chi connectivity index (χ4n) is 2.48. The molecule has 110 valence electrons. The molecule has 3 heterocycles. The number of fused-ring (bicyclic) bond motifs is 2. The maximum Gasteiger partial charge on any atom is 0.183 e. The number of aromatic amines is 1. The lowest BCUT2D eigenvalue weighted by atomic mass is 10.1. The highest BCUT2D eigenvalue weighted by molar-refractivity contribution is 7.17. The van der Waals surface area contributed by atoms with Crippen LogP contribution in [0.2, 0.25) is 0 Å². The fourth-order valence-corrected chi connectivity index (χ4v) is 3.42. The minimum absolute atomic E-state index is 0.693. The van der Waals surface area contributed by atoms with Gasteiger partial charge in [-0.2, -0.15) is 0 Å². The first kappa shape index (κ1) is 13.2. The molecular formula is C16H15N5S. The first-order valence-electron chi connectivity index (χ1n) is 7.28. The molecule has 0 fully saturated rings. The molecule has 0 saturated carbocycles. The largest absolute Gasteiger partial charge is 0.368 e. The normalized spacial score (nSPS) is 11.3. The number of rotatable bonds is 4. The minimum atomic E-state index is 0.693.